The molecule has 1 heterocycles. The zero-order chi connectivity index (χ0) is 14.7. The molecule has 1 aromatic heterocycles. The van der Waals surface area contributed by atoms with Crippen LogP contribution in [-0.4, -0.2) is 16.6 Å². The van der Waals surface area contributed by atoms with E-state index < -0.39 is 0 Å². The largest absolute Gasteiger partial charge is 0.312 e. The van der Waals surface area contributed by atoms with Crippen LogP contribution in [0.25, 0.3) is 0 Å². The van der Waals surface area contributed by atoms with Gasteiger partial charge >= 0.3 is 0 Å². The average molecular weight is 330 g/mol. The van der Waals surface area contributed by atoms with E-state index >= 15 is 0 Å². The van der Waals surface area contributed by atoms with Crippen molar-refractivity contribution in [3.8, 4) is 0 Å². The van der Waals surface area contributed by atoms with E-state index in [1.807, 2.05) is 25.2 Å². The molecule has 1 aromatic carbocycles. The maximum atomic E-state index is 6.25. The van der Waals surface area contributed by atoms with Crippen molar-refractivity contribution in [3.63, 3.8) is 0 Å². The molecule has 6 heteroatoms. The molecule has 0 aliphatic carbocycles. The van der Waals surface area contributed by atoms with Crippen LogP contribution in [0, 0.1) is 0 Å². The molecule has 0 aliphatic heterocycles. The van der Waals surface area contributed by atoms with Crippen LogP contribution in [0.15, 0.2) is 18.2 Å². The van der Waals surface area contributed by atoms with Gasteiger partial charge in [0.1, 0.15) is 0 Å². The van der Waals surface area contributed by atoms with Crippen LogP contribution in [0.2, 0.25) is 10.0 Å². The lowest BCUT2D eigenvalue weighted by Gasteiger charge is -2.18. The van der Waals surface area contributed by atoms with Crippen LogP contribution in [0.5, 0.6) is 0 Å². The maximum Gasteiger partial charge on any atom is 0.0829 e. The number of hydrogen-bond donors (Lipinski definition) is 1. The molecule has 0 saturated carbocycles. The fourth-order valence-corrected chi connectivity index (χ4v) is 3.57. The van der Waals surface area contributed by atoms with Gasteiger partial charge in [0.15, 0.2) is 0 Å². The van der Waals surface area contributed by atoms with Crippen LogP contribution in [-0.2, 0) is 6.42 Å². The first kappa shape index (κ1) is 15.7. The molecule has 0 amide bonds. The summed E-state index contributed by atoms with van der Waals surface area (Å²) in [6.07, 6.45) is 0.721. The van der Waals surface area contributed by atoms with Crippen LogP contribution in [0.4, 0.5) is 0 Å². The van der Waals surface area contributed by atoms with Crippen molar-refractivity contribution in [1.82, 2.24) is 14.9 Å². The number of hydrogen-bond acceptors (Lipinski definition) is 4. The van der Waals surface area contributed by atoms with Gasteiger partial charge in [-0.2, -0.15) is 0 Å². The minimum absolute atomic E-state index is 0.116. The molecular weight excluding hydrogens is 313 g/mol. The smallest absolute Gasteiger partial charge is 0.0829 e. The van der Waals surface area contributed by atoms with Crippen molar-refractivity contribution >= 4 is 34.7 Å². The highest BCUT2D eigenvalue weighted by Crippen LogP contribution is 2.32. The Hall–Kier alpha value is -0.680. The van der Waals surface area contributed by atoms with Gasteiger partial charge in [0.25, 0.3) is 0 Å². The molecule has 1 N–H and O–H groups in total. The highest BCUT2D eigenvalue weighted by Gasteiger charge is 2.22. The van der Waals surface area contributed by atoms with E-state index in [0.29, 0.717) is 16.0 Å². The summed E-state index contributed by atoms with van der Waals surface area (Å²) in [7, 11) is 1.93. The normalized spacial score (nSPS) is 12.9. The fraction of sp³-hybridized carbons (Fsp3) is 0.429. The topological polar surface area (TPSA) is 37.8 Å². The lowest BCUT2D eigenvalue weighted by Crippen LogP contribution is -2.19. The summed E-state index contributed by atoms with van der Waals surface area (Å²) in [5.41, 5.74) is 2.00. The zero-order valence-electron chi connectivity index (χ0n) is 11.7. The highest BCUT2D eigenvalue weighted by molar-refractivity contribution is 7.05. The Kier molecular flexibility index (Phi) is 5.38. The average Bonchev–Trinajstić information content (AvgIpc) is 2.88. The number of likely N-dealkylation sites (N-methyl/N-ethyl adjacent to an activating group) is 1. The summed E-state index contributed by atoms with van der Waals surface area (Å²) in [4.78, 5) is 1.15. The Labute approximate surface area is 133 Å². The summed E-state index contributed by atoms with van der Waals surface area (Å²) >= 11 is 13.9. The lowest BCUT2D eigenvalue weighted by atomic mass is 10.00. The number of aromatic nitrogens is 2. The molecule has 108 valence electrons. The van der Waals surface area contributed by atoms with Crippen molar-refractivity contribution in [1.29, 1.82) is 0 Å². The second-order valence-corrected chi connectivity index (χ2v) is 6.52. The monoisotopic (exact) mass is 329 g/mol. The third-order valence-corrected chi connectivity index (χ3v) is 4.78. The van der Waals surface area contributed by atoms with E-state index in [0.717, 1.165) is 22.6 Å². The molecule has 0 saturated heterocycles. The van der Waals surface area contributed by atoms with E-state index in [-0.39, 0.29) is 6.04 Å². The fourth-order valence-electron chi connectivity index (χ4n) is 2.10. The van der Waals surface area contributed by atoms with Gasteiger partial charge in [-0.1, -0.05) is 47.6 Å². The molecule has 2 rings (SSSR count). The number of nitrogens with one attached hydrogen (secondary N) is 1. The molecule has 1 atom stereocenters. The van der Waals surface area contributed by atoms with E-state index in [1.165, 1.54) is 11.5 Å². The standard InChI is InChI=1S/C14H17Cl2N3S/c1-8(2)13-14(20-19-18-13)12(17-3)7-9-10(15)5-4-6-11(9)16/h4-6,8,12,17H,7H2,1-3H3. The van der Waals surface area contributed by atoms with Crippen molar-refractivity contribution in [2.24, 2.45) is 0 Å². The first-order valence-electron chi connectivity index (χ1n) is 6.46. The Balaban J connectivity index is 2.32. The maximum absolute atomic E-state index is 6.25. The predicted molar refractivity (Wildman–Crippen MR) is 86.0 cm³/mol. The third-order valence-electron chi connectivity index (χ3n) is 3.22. The second-order valence-electron chi connectivity index (χ2n) is 4.92. The summed E-state index contributed by atoms with van der Waals surface area (Å²) in [5, 5.41) is 8.94. The molecule has 1 unspecified atom stereocenters. The molecule has 0 aliphatic rings. The van der Waals surface area contributed by atoms with Gasteiger partial charge in [-0.3, -0.25) is 0 Å². The molecule has 0 spiro atoms. The van der Waals surface area contributed by atoms with E-state index in [2.05, 4.69) is 28.8 Å². The molecule has 0 radical (unpaired) electrons. The molecular formula is C14H17Cl2N3S. The van der Waals surface area contributed by atoms with Gasteiger partial charge in [-0.25, -0.2) is 0 Å². The van der Waals surface area contributed by atoms with Gasteiger partial charge in [-0.15, -0.1) is 5.10 Å². The van der Waals surface area contributed by atoms with Gasteiger partial charge in [0.2, 0.25) is 0 Å². The van der Waals surface area contributed by atoms with Crippen LogP contribution in [0.1, 0.15) is 41.9 Å². The Morgan fingerprint density at radius 3 is 2.45 bits per heavy atom. The zero-order valence-corrected chi connectivity index (χ0v) is 14.0. The van der Waals surface area contributed by atoms with E-state index in [4.69, 9.17) is 23.2 Å². The summed E-state index contributed by atoms with van der Waals surface area (Å²) in [6.45, 7) is 4.24. The first-order valence-corrected chi connectivity index (χ1v) is 7.99. The molecule has 2 aromatic rings. The molecule has 0 fully saturated rings. The van der Waals surface area contributed by atoms with Crippen molar-refractivity contribution in [3.05, 3.63) is 44.4 Å². The van der Waals surface area contributed by atoms with Crippen molar-refractivity contribution in [2.75, 3.05) is 7.05 Å². The van der Waals surface area contributed by atoms with E-state index in [1.54, 1.807) is 0 Å². The second kappa shape index (κ2) is 6.85. The number of halogens is 2. The van der Waals surface area contributed by atoms with Crippen molar-refractivity contribution < 1.29 is 0 Å². The summed E-state index contributed by atoms with van der Waals surface area (Å²) in [5.74, 6) is 0.348. The molecule has 20 heavy (non-hydrogen) atoms. The Morgan fingerprint density at radius 1 is 1.25 bits per heavy atom. The number of rotatable bonds is 5. The van der Waals surface area contributed by atoms with Crippen LogP contribution >= 0.6 is 34.7 Å². The van der Waals surface area contributed by atoms with Gasteiger partial charge in [0.05, 0.1) is 10.6 Å². The number of nitrogens with zero attached hydrogens (tertiary/aromatic N) is 2. The SMILES string of the molecule is CNC(Cc1c(Cl)cccc1Cl)c1snnc1C(C)C. The van der Waals surface area contributed by atoms with Crippen LogP contribution in [0.3, 0.4) is 0 Å². The van der Waals surface area contributed by atoms with Gasteiger partial charge in [0, 0.05) is 16.1 Å². The number of benzene rings is 1. The highest BCUT2D eigenvalue weighted by atomic mass is 35.5. The Bertz CT molecular complexity index is 563. The third kappa shape index (κ3) is 3.31. The van der Waals surface area contributed by atoms with Gasteiger partial charge in [-0.05, 0) is 48.6 Å². The van der Waals surface area contributed by atoms with Gasteiger partial charge < -0.3 is 5.32 Å². The quantitative estimate of drug-likeness (QED) is 0.879. The minimum atomic E-state index is 0.116. The predicted octanol–water partition coefficient (Wildman–Crippen LogP) is 4.47. The lowest BCUT2D eigenvalue weighted by molar-refractivity contribution is 0.589. The van der Waals surface area contributed by atoms with E-state index in [9.17, 15) is 0 Å². The van der Waals surface area contributed by atoms with Crippen molar-refractivity contribution in [2.45, 2.75) is 32.2 Å². The summed E-state index contributed by atoms with van der Waals surface area (Å²) in [6, 6.07) is 5.70. The Morgan fingerprint density at radius 2 is 1.90 bits per heavy atom. The molecule has 3 nitrogen and oxygen atoms in total. The van der Waals surface area contributed by atoms with Crippen LogP contribution < -0.4 is 5.32 Å². The minimum Gasteiger partial charge on any atom is -0.312 e. The summed E-state index contributed by atoms with van der Waals surface area (Å²) < 4.78 is 4.08. The molecule has 0 bridgehead atoms. The first-order chi connectivity index (χ1) is 9.54.